The molecule has 2 N–H and O–H groups in total. The number of fused-ring (bicyclic) bond motifs is 1. The fourth-order valence-electron chi connectivity index (χ4n) is 2.96. The van der Waals surface area contributed by atoms with Crippen molar-refractivity contribution in [3.63, 3.8) is 0 Å². The van der Waals surface area contributed by atoms with Crippen molar-refractivity contribution in [2.45, 2.75) is 50.3 Å². The summed E-state index contributed by atoms with van der Waals surface area (Å²) in [6.45, 7) is 5.97. The lowest BCUT2D eigenvalue weighted by molar-refractivity contribution is 0.0954. The molecule has 0 spiro atoms. The van der Waals surface area contributed by atoms with Crippen LogP contribution in [0.5, 0.6) is 0 Å². The molecule has 0 saturated heterocycles. The minimum absolute atomic E-state index is 0.0938. The lowest BCUT2D eigenvalue weighted by Crippen LogP contribution is -2.25. The summed E-state index contributed by atoms with van der Waals surface area (Å²) in [5.74, 6) is 1.12. The molecule has 0 aliphatic heterocycles. The van der Waals surface area contributed by atoms with Gasteiger partial charge in [-0.2, -0.15) is 0 Å². The molecule has 140 valence electrons. The van der Waals surface area contributed by atoms with Crippen LogP contribution < -0.4 is 10.9 Å². The van der Waals surface area contributed by atoms with Crippen LogP contribution in [0, 0.1) is 20.8 Å². The summed E-state index contributed by atoms with van der Waals surface area (Å²) in [7, 11) is 0. The number of hydrogen-bond acceptors (Lipinski definition) is 5. The molecule has 1 aliphatic carbocycles. The molecule has 0 unspecified atom stereocenters. The Kier molecular flexibility index (Phi) is 4.82. The molecule has 1 aliphatic rings. The Hall–Kier alpha value is -2.12. The highest BCUT2D eigenvalue weighted by molar-refractivity contribution is 7.98. The first-order valence-corrected chi connectivity index (χ1v) is 10.8. The van der Waals surface area contributed by atoms with Crippen molar-refractivity contribution in [3.8, 4) is 0 Å². The summed E-state index contributed by atoms with van der Waals surface area (Å²) in [5, 5.41) is 3.52. The van der Waals surface area contributed by atoms with E-state index in [0.29, 0.717) is 26.7 Å². The van der Waals surface area contributed by atoms with Gasteiger partial charge >= 0.3 is 0 Å². The molecule has 1 amide bonds. The fraction of sp³-hybridized carbons (Fsp3) is 0.350. The number of nitrogens with one attached hydrogen (secondary N) is 2. The first-order valence-electron chi connectivity index (χ1n) is 8.95. The van der Waals surface area contributed by atoms with E-state index in [2.05, 4.69) is 47.3 Å². The van der Waals surface area contributed by atoms with E-state index in [9.17, 15) is 9.59 Å². The number of hydrogen-bond donors (Lipinski definition) is 2. The van der Waals surface area contributed by atoms with Gasteiger partial charge in [-0.1, -0.05) is 17.7 Å². The summed E-state index contributed by atoms with van der Waals surface area (Å²) in [6.07, 6.45) is 2.07. The van der Waals surface area contributed by atoms with Crippen LogP contribution in [-0.4, -0.2) is 21.9 Å². The minimum Gasteiger partial charge on any atom is -0.349 e. The standard InChI is InChI=1S/C20H21N3O2S2/c1-10-4-5-11(2)14(8-10)26-9-15-22-18(24)16-12(3)17(27-20(16)23-15)19(25)21-13-6-7-13/h4-5,8,13H,6-7,9H2,1-3H3,(H,21,25)(H,22,23,24). The summed E-state index contributed by atoms with van der Waals surface area (Å²) < 4.78 is 0. The Morgan fingerprint density at radius 3 is 2.85 bits per heavy atom. The molecule has 0 bridgehead atoms. The summed E-state index contributed by atoms with van der Waals surface area (Å²) in [4.78, 5) is 34.9. The SMILES string of the molecule is Cc1ccc(C)c(SCc2nc3sc(C(=O)NC4CC4)c(C)c3c(=O)[nH]2)c1. The maximum Gasteiger partial charge on any atom is 0.261 e. The minimum atomic E-state index is -0.171. The molecule has 2 heterocycles. The van der Waals surface area contributed by atoms with Gasteiger partial charge in [-0.15, -0.1) is 23.1 Å². The predicted octanol–water partition coefficient (Wildman–Crippen LogP) is 4.09. The van der Waals surface area contributed by atoms with E-state index in [-0.39, 0.29) is 17.5 Å². The lowest BCUT2D eigenvalue weighted by Gasteiger charge is -2.06. The van der Waals surface area contributed by atoms with E-state index in [0.717, 1.165) is 18.4 Å². The fourth-order valence-corrected chi connectivity index (χ4v) is 5.06. The molecule has 0 radical (unpaired) electrons. The molecule has 2 aromatic heterocycles. The van der Waals surface area contributed by atoms with Gasteiger partial charge in [0.1, 0.15) is 10.7 Å². The third kappa shape index (κ3) is 3.80. The van der Waals surface area contributed by atoms with E-state index in [1.54, 1.807) is 11.8 Å². The number of carbonyl (C=O) groups excluding carboxylic acids is 1. The van der Waals surface area contributed by atoms with Crippen LogP contribution in [0.4, 0.5) is 0 Å². The lowest BCUT2D eigenvalue weighted by atomic mass is 10.2. The highest BCUT2D eigenvalue weighted by Gasteiger charge is 2.26. The summed E-state index contributed by atoms with van der Waals surface area (Å²) in [5.41, 5.74) is 2.96. The Balaban J connectivity index is 1.62. The number of carbonyl (C=O) groups is 1. The number of aromatic nitrogens is 2. The van der Waals surface area contributed by atoms with Crippen molar-refractivity contribution < 1.29 is 4.79 Å². The Bertz CT molecular complexity index is 1100. The molecule has 0 atom stereocenters. The van der Waals surface area contributed by atoms with E-state index in [4.69, 9.17) is 0 Å². The molecule has 27 heavy (non-hydrogen) atoms. The van der Waals surface area contributed by atoms with Crippen molar-refractivity contribution in [2.24, 2.45) is 0 Å². The number of rotatable bonds is 5. The molecule has 5 nitrogen and oxygen atoms in total. The third-order valence-electron chi connectivity index (χ3n) is 4.68. The quantitative estimate of drug-likeness (QED) is 0.634. The van der Waals surface area contributed by atoms with Gasteiger partial charge in [0.2, 0.25) is 0 Å². The second kappa shape index (κ2) is 7.13. The zero-order chi connectivity index (χ0) is 19.1. The second-order valence-corrected chi connectivity index (χ2v) is 9.07. The van der Waals surface area contributed by atoms with Crippen LogP contribution in [0.15, 0.2) is 27.9 Å². The van der Waals surface area contributed by atoms with Crippen LogP contribution in [0.3, 0.4) is 0 Å². The molecular formula is C20H21N3O2S2. The van der Waals surface area contributed by atoms with Crippen LogP contribution >= 0.6 is 23.1 Å². The van der Waals surface area contributed by atoms with Gasteiger partial charge < -0.3 is 10.3 Å². The molecule has 1 fully saturated rings. The van der Waals surface area contributed by atoms with Crippen molar-refractivity contribution in [1.82, 2.24) is 15.3 Å². The average Bonchev–Trinajstić information content (AvgIpc) is 3.37. The Morgan fingerprint density at radius 1 is 1.33 bits per heavy atom. The van der Waals surface area contributed by atoms with E-state index >= 15 is 0 Å². The Labute approximate surface area is 165 Å². The number of amides is 1. The van der Waals surface area contributed by atoms with Gasteiger partial charge in [0, 0.05) is 10.9 Å². The van der Waals surface area contributed by atoms with Crippen molar-refractivity contribution >= 4 is 39.2 Å². The largest absolute Gasteiger partial charge is 0.349 e. The molecule has 3 aromatic rings. The molecular weight excluding hydrogens is 378 g/mol. The Morgan fingerprint density at radius 2 is 2.11 bits per heavy atom. The number of aryl methyl sites for hydroxylation is 3. The zero-order valence-electron chi connectivity index (χ0n) is 15.5. The van der Waals surface area contributed by atoms with Gasteiger partial charge in [0.15, 0.2) is 0 Å². The third-order valence-corrected chi connectivity index (χ3v) is 7.03. The van der Waals surface area contributed by atoms with Gasteiger partial charge in [-0.25, -0.2) is 4.98 Å². The van der Waals surface area contributed by atoms with Gasteiger partial charge in [0.25, 0.3) is 11.5 Å². The second-order valence-electron chi connectivity index (χ2n) is 7.05. The molecule has 4 rings (SSSR count). The van der Waals surface area contributed by atoms with Crippen LogP contribution in [0.2, 0.25) is 0 Å². The van der Waals surface area contributed by atoms with Crippen LogP contribution in [0.1, 0.15) is 45.0 Å². The number of thioether (sulfide) groups is 1. The van der Waals surface area contributed by atoms with Gasteiger partial charge in [-0.3, -0.25) is 9.59 Å². The van der Waals surface area contributed by atoms with Crippen LogP contribution in [-0.2, 0) is 5.75 Å². The molecule has 7 heteroatoms. The molecule has 1 aromatic carbocycles. The number of aromatic amines is 1. The van der Waals surface area contributed by atoms with Crippen molar-refractivity contribution in [3.05, 3.63) is 55.9 Å². The maximum atomic E-state index is 12.6. The monoisotopic (exact) mass is 399 g/mol. The maximum absolute atomic E-state index is 12.6. The smallest absolute Gasteiger partial charge is 0.261 e. The number of nitrogens with zero attached hydrogens (tertiary/aromatic N) is 1. The van der Waals surface area contributed by atoms with E-state index in [1.165, 1.54) is 27.4 Å². The first kappa shape index (κ1) is 18.3. The first-order chi connectivity index (χ1) is 12.9. The number of H-pyrrole nitrogens is 1. The van der Waals surface area contributed by atoms with Crippen LogP contribution in [0.25, 0.3) is 10.2 Å². The van der Waals surface area contributed by atoms with E-state index in [1.807, 2.05) is 6.92 Å². The highest BCUT2D eigenvalue weighted by atomic mass is 32.2. The molecule has 1 saturated carbocycles. The van der Waals surface area contributed by atoms with Gasteiger partial charge in [0.05, 0.1) is 16.0 Å². The van der Waals surface area contributed by atoms with Gasteiger partial charge in [-0.05, 0) is 50.8 Å². The predicted molar refractivity (Wildman–Crippen MR) is 111 cm³/mol. The summed E-state index contributed by atoms with van der Waals surface area (Å²) >= 11 is 2.96. The van der Waals surface area contributed by atoms with Crippen molar-refractivity contribution in [1.29, 1.82) is 0 Å². The van der Waals surface area contributed by atoms with E-state index < -0.39 is 0 Å². The summed E-state index contributed by atoms with van der Waals surface area (Å²) in [6, 6.07) is 6.63. The number of thiophene rings is 1. The normalized spacial score (nSPS) is 13.9. The average molecular weight is 400 g/mol. The topological polar surface area (TPSA) is 74.8 Å². The number of benzene rings is 1. The highest BCUT2D eigenvalue weighted by Crippen LogP contribution is 2.30. The zero-order valence-corrected chi connectivity index (χ0v) is 17.1. The van der Waals surface area contributed by atoms with Crippen molar-refractivity contribution in [2.75, 3.05) is 0 Å².